The van der Waals surface area contributed by atoms with Gasteiger partial charge >= 0.3 is 0 Å². The molecule has 1 N–H and O–H groups in total. The normalized spacial score (nSPS) is 10.8. The van der Waals surface area contributed by atoms with E-state index in [1.54, 1.807) is 6.07 Å². The van der Waals surface area contributed by atoms with Gasteiger partial charge in [0.05, 0.1) is 10.7 Å². The average molecular weight is 245 g/mol. The molecule has 2 nitrogen and oxygen atoms in total. The minimum atomic E-state index is -0.269. The maximum Gasteiger partial charge on any atom is 0.125 e. The van der Waals surface area contributed by atoms with Crippen molar-refractivity contribution in [2.75, 3.05) is 31.5 Å². The molecule has 4 heteroatoms. The second-order valence-corrected chi connectivity index (χ2v) is 3.99. The predicted octanol–water partition coefficient (Wildman–Crippen LogP) is 3.23. The van der Waals surface area contributed by atoms with Gasteiger partial charge in [-0.25, -0.2) is 4.39 Å². The molecule has 0 aromatic heterocycles. The second-order valence-electron chi connectivity index (χ2n) is 3.58. The molecular formula is C12H18ClFN2. The Bertz CT molecular complexity index is 327. The topological polar surface area (TPSA) is 15.3 Å². The number of hydrogen-bond donors (Lipinski definition) is 1. The van der Waals surface area contributed by atoms with Crippen molar-refractivity contribution < 1.29 is 4.39 Å². The molecule has 1 aromatic rings. The molecule has 0 aliphatic rings. The summed E-state index contributed by atoms with van der Waals surface area (Å²) in [5.74, 6) is -0.269. The third kappa shape index (κ3) is 3.99. The molecule has 0 radical (unpaired) electrons. The minimum Gasteiger partial charge on any atom is -0.382 e. The predicted molar refractivity (Wildman–Crippen MR) is 67.7 cm³/mol. The van der Waals surface area contributed by atoms with Crippen LogP contribution in [0, 0.1) is 5.82 Å². The molecule has 0 atom stereocenters. The zero-order chi connectivity index (χ0) is 12.0. The van der Waals surface area contributed by atoms with E-state index in [0.717, 1.165) is 26.2 Å². The third-order valence-electron chi connectivity index (χ3n) is 2.57. The van der Waals surface area contributed by atoms with Crippen LogP contribution in [0.25, 0.3) is 0 Å². The summed E-state index contributed by atoms with van der Waals surface area (Å²) in [5, 5.41) is 3.70. The number of halogens is 2. The fourth-order valence-corrected chi connectivity index (χ4v) is 1.71. The molecule has 0 spiro atoms. The summed E-state index contributed by atoms with van der Waals surface area (Å²) in [4.78, 5) is 2.29. The van der Waals surface area contributed by atoms with E-state index in [9.17, 15) is 4.39 Å². The van der Waals surface area contributed by atoms with Gasteiger partial charge in [0, 0.05) is 13.1 Å². The second kappa shape index (κ2) is 6.71. The fourth-order valence-electron chi connectivity index (χ4n) is 1.52. The SMILES string of the molecule is CCN(CC)CCNc1cc(F)ccc1Cl. The van der Waals surface area contributed by atoms with Crippen molar-refractivity contribution in [2.45, 2.75) is 13.8 Å². The van der Waals surface area contributed by atoms with Crippen LogP contribution in [0.15, 0.2) is 18.2 Å². The summed E-state index contributed by atoms with van der Waals surface area (Å²) in [6, 6.07) is 4.35. The van der Waals surface area contributed by atoms with Crippen molar-refractivity contribution in [2.24, 2.45) is 0 Å². The van der Waals surface area contributed by atoms with E-state index < -0.39 is 0 Å². The maximum absolute atomic E-state index is 13.0. The van der Waals surface area contributed by atoms with Crippen LogP contribution in [0.4, 0.5) is 10.1 Å². The quantitative estimate of drug-likeness (QED) is 0.827. The van der Waals surface area contributed by atoms with Crippen molar-refractivity contribution in [1.29, 1.82) is 0 Å². The summed E-state index contributed by atoms with van der Waals surface area (Å²) in [7, 11) is 0. The maximum atomic E-state index is 13.0. The Hall–Kier alpha value is -0.800. The number of benzene rings is 1. The molecule has 0 amide bonds. The minimum absolute atomic E-state index is 0.269. The van der Waals surface area contributed by atoms with E-state index in [1.165, 1.54) is 12.1 Å². The van der Waals surface area contributed by atoms with E-state index in [1.807, 2.05) is 0 Å². The smallest absolute Gasteiger partial charge is 0.125 e. The summed E-state index contributed by atoms with van der Waals surface area (Å²) < 4.78 is 13.0. The van der Waals surface area contributed by atoms with Crippen molar-refractivity contribution in [1.82, 2.24) is 4.90 Å². The number of rotatable bonds is 6. The summed E-state index contributed by atoms with van der Waals surface area (Å²) in [5.41, 5.74) is 0.661. The van der Waals surface area contributed by atoms with Gasteiger partial charge in [-0.15, -0.1) is 0 Å². The zero-order valence-electron chi connectivity index (χ0n) is 9.76. The highest BCUT2D eigenvalue weighted by Gasteiger charge is 2.02. The number of likely N-dealkylation sites (N-methyl/N-ethyl adjacent to an activating group) is 1. The monoisotopic (exact) mass is 244 g/mol. The van der Waals surface area contributed by atoms with E-state index in [4.69, 9.17) is 11.6 Å². The Balaban J connectivity index is 2.45. The first-order chi connectivity index (χ1) is 7.67. The van der Waals surface area contributed by atoms with Crippen LogP contribution in [-0.4, -0.2) is 31.1 Å². The zero-order valence-corrected chi connectivity index (χ0v) is 10.5. The first-order valence-electron chi connectivity index (χ1n) is 5.58. The lowest BCUT2D eigenvalue weighted by Gasteiger charge is -2.18. The van der Waals surface area contributed by atoms with Gasteiger partial charge in [0.25, 0.3) is 0 Å². The van der Waals surface area contributed by atoms with Gasteiger partial charge in [0.1, 0.15) is 5.82 Å². The van der Waals surface area contributed by atoms with E-state index in [-0.39, 0.29) is 5.82 Å². The van der Waals surface area contributed by atoms with Gasteiger partial charge in [-0.05, 0) is 31.3 Å². The van der Waals surface area contributed by atoms with Crippen LogP contribution in [0.1, 0.15) is 13.8 Å². The molecule has 90 valence electrons. The van der Waals surface area contributed by atoms with Gasteiger partial charge in [0.2, 0.25) is 0 Å². The Labute approximate surface area is 101 Å². The van der Waals surface area contributed by atoms with Gasteiger partial charge in [-0.1, -0.05) is 25.4 Å². The fraction of sp³-hybridized carbons (Fsp3) is 0.500. The largest absolute Gasteiger partial charge is 0.382 e. The van der Waals surface area contributed by atoms with Crippen LogP contribution >= 0.6 is 11.6 Å². The molecule has 0 saturated carbocycles. The molecule has 16 heavy (non-hydrogen) atoms. The highest BCUT2D eigenvalue weighted by molar-refractivity contribution is 6.33. The molecule has 0 bridgehead atoms. The molecule has 0 saturated heterocycles. The Morgan fingerprint density at radius 1 is 1.31 bits per heavy atom. The van der Waals surface area contributed by atoms with Crippen LogP contribution in [0.3, 0.4) is 0 Å². The molecule has 1 rings (SSSR count). The van der Waals surface area contributed by atoms with Crippen molar-refractivity contribution in [3.05, 3.63) is 29.0 Å². The van der Waals surface area contributed by atoms with Crippen LogP contribution < -0.4 is 5.32 Å². The van der Waals surface area contributed by atoms with Crippen molar-refractivity contribution in [3.63, 3.8) is 0 Å². The molecule has 1 aromatic carbocycles. The standard InChI is InChI=1S/C12H18ClFN2/c1-3-16(4-2)8-7-15-12-9-10(14)5-6-11(12)13/h5-6,9,15H,3-4,7-8H2,1-2H3. The lowest BCUT2D eigenvalue weighted by molar-refractivity contribution is 0.316. The van der Waals surface area contributed by atoms with Crippen molar-refractivity contribution in [3.8, 4) is 0 Å². The number of nitrogens with zero attached hydrogens (tertiary/aromatic N) is 1. The lowest BCUT2D eigenvalue weighted by Crippen LogP contribution is -2.28. The van der Waals surface area contributed by atoms with Gasteiger partial charge in [-0.3, -0.25) is 0 Å². The lowest BCUT2D eigenvalue weighted by atomic mass is 10.3. The number of hydrogen-bond acceptors (Lipinski definition) is 2. The molecular weight excluding hydrogens is 227 g/mol. The van der Waals surface area contributed by atoms with E-state index in [0.29, 0.717) is 10.7 Å². The molecule has 0 fully saturated rings. The third-order valence-corrected chi connectivity index (χ3v) is 2.90. The average Bonchev–Trinajstić information content (AvgIpc) is 2.29. The van der Waals surface area contributed by atoms with Crippen LogP contribution in [-0.2, 0) is 0 Å². The van der Waals surface area contributed by atoms with E-state index in [2.05, 4.69) is 24.1 Å². The van der Waals surface area contributed by atoms with Crippen molar-refractivity contribution >= 4 is 17.3 Å². The Morgan fingerprint density at radius 2 is 2.00 bits per heavy atom. The highest BCUT2D eigenvalue weighted by atomic mass is 35.5. The molecule has 0 aliphatic carbocycles. The summed E-state index contributed by atoms with van der Waals surface area (Å²) in [6.07, 6.45) is 0. The number of anilines is 1. The molecule has 0 unspecified atom stereocenters. The molecule has 0 aliphatic heterocycles. The van der Waals surface area contributed by atoms with Gasteiger partial charge < -0.3 is 10.2 Å². The number of nitrogens with one attached hydrogen (secondary N) is 1. The first kappa shape index (κ1) is 13.3. The van der Waals surface area contributed by atoms with Gasteiger partial charge in [0.15, 0.2) is 0 Å². The highest BCUT2D eigenvalue weighted by Crippen LogP contribution is 2.21. The Morgan fingerprint density at radius 3 is 2.62 bits per heavy atom. The van der Waals surface area contributed by atoms with E-state index >= 15 is 0 Å². The first-order valence-corrected chi connectivity index (χ1v) is 5.96. The Kier molecular flexibility index (Phi) is 5.56. The molecule has 0 heterocycles. The van der Waals surface area contributed by atoms with Crippen LogP contribution in [0.2, 0.25) is 5.02 Å². The van der Waals surface area contributed by atoms with Gasteiger partial charge in [-0.2, -0.15) is 0 Å². The summed E-state index contributed by atoms with van der Waals surface area (Å²) in [6.45, 7) is 7.99. The van der Waals surface area contributed by atoms with Crippen LogP contribution in [0.5, 0.6) is 0 Å². The summed E-state index contributed by atoms with van der Waals surface area (Å²) >= 11 is 5.94.